The van der Waals surface area contributed by atoms with Crippen LogP contribution in [-0.2, 0) is 9.59 Å². The van der Waals surface area contributed by atoms with Crippen LogP contribution in [0.5, 0.6) is 0 Å². The van der Waals surface area contributed by atoms with E-state index >= 15 is 0 Å². The summed E-state index contributed by atoms with van der Waals surface area (Å²) in [6.45, 7) is 0.0999. The lowest BCUT2D eigenvalue weighted by atomic mass is 10.6. The molecule has 0 aliphatic rings. The second-order valence-electron chi connectivity index (χ2n) is 2.52. The van der Waals surface area contributed by atoms with Crippen molar-refractivity contribution < 1.29 is 9.59 Å². The SMILES string of the molecule is CS/C=N/CC(=O)NSNC(=O)C/N=C/SC. The summed E-state index contributed by atoms with van der Waals surface area (Å²) >= 11 is 3.66. The smallest absolute Gasteiger partial charge is 0.252 e. The third-order valence-electron chi connectivity index (χ3n) is 1.16. The first kappa shape index (κ1) is 16.3. The monoisotopic (exact) mass is 294 g/mol. The third kappa shape index (κ3) is 11.6. The summed E-state index contributed by atoms with van der Waals surface area (Å²) in [5.41, 5.74) is 3.17. The summed E-state index contributed by atoms with van der Waals surface area (Å²) < 4.78 is 4.86. The Bertz CT molecular complexity index is 268. The molecule has 0 spiro atoms. The van der Waals surface area contributed by atoms with Crippen LogP contribution >= 0.6 is 35.7 Å². The van der Waals surface area contributed by atoms with Crippen LogP contribution in [0.25, 0.3) is 0 Å². The summed E-state index contributed by atoms with van der Waals surface area (Å²) in [7, 11) is 0. The molecule has 0 unspecified atom stereocenters. The van der Waals surface area contributed by atoms with Crippen LogP contribution in [0.4, 0.5) is 0 Å². The van der Waals surface area contributed by atoms with Crippen LogP contribution in [-0.4, -0.2) is 48.5 Å². The number of nitrogens with zero attached hydrogens (tertiary/aromatic N) is 2. The van der Waals surface area contributed by atoms with Gasteiger partial charge < -0.3 is 0 Å². The number of carbonyl (C=O) groups is 2. The van der Waals surface area contributed by atoms with Gasteiger partial charge in [-0.05, 0) is 12.5 Å². The Morgan fingerprint density at radius 3 is 1.76 bits per heavy atom. The quantitative estimate of drug-likeness (QED) is 0.388. The lowest BCUT2D eigenvalue weighted by molar-refractivity contribution is -0.117. The summed E-state index contributed by atoms with van der Waals surface area (Å²) in [6, 6.07) is 0. The zero-order valence-electron chi connectivity index (χ0n) is 9.50. The van der Waals surface area contributed by atoms with E-state index in [1.54, 1.807) is 11.1 Å². The third-order valence-corrected chi connectivity index (χ3v) is 2.54. The number of aliphatic imine (C=N–C) groups is 2. The Morgan fingerprint density at radius 2 is 1.41 bits per heavy atom. The van der Waals surface area contributed by atoms with Gasteiger partial charge in [-0.1, -0.05) is 0 Å². The van der Waals surface area contributed by atoms with Gasteiger partial charge in [0.1, 0.15) is 13.1 Å². The number of thioether (sulfide) groups is 2. The average Bonchev–Trinajstić information content (AvgIpc) is 2.30. The topological polar surface area (TPSA) is 82.9 Å². The molecule has 6 nitrogen and oxygen atoms in total. The maximum Gasteiger partial charge on any atom is 0.252 e. The molecular weight excluding hydrogens is 280 g/mol. The molecule has 0 aliphatic carbocycles. The molecule has 0 heterocycles. The van der Waals surface area contributed by atoms with E-state index in [1.807, 2.05) is 12.5 Å². The van der Waals surface area contributed by atoms with Crippen molar-refractivity contribution in [3.8, 4) is 0 Å². The van der Waals surface area contributed by atoms with Gasteiger partial charge in [0.25, 0.3) is 11.8 Å². The molecule has 0 bridgehead atoms. The fourth-order valence-corrected chi connectivity index (χ4v) is 1.45. The van der Waals surface area contributed by atoms with Gasteiger partial charge in [-0.2, -0.15) is 0 Å². The normalized spacial score (nSPS) is 10.9. The molecule has 0 aromatic rings. The van der Waals surface area contributed by atoms with Crippen molar-refractivity contribution in [1.82, 2.24) is 9.44 Å². The fraction of sp³-hybridized carbons (Fsp3) is 0.500. The fourth-order valence-electron chi connectivity index (χ4n) is 0.593. The number of nitrogens with one attached hydrogen (secondary N) is 2. The molecule has 2 N–H and O–H groups in total. The molecule has 0 aliphatic heterocycles. The second kappa shape index (κ2) is 11.8. The first-order chi connectivity index (χ1) is 8.20. The number of amides is 2. The number of hydrogen-bond donors (Lipinski definition) is 2. The highest BCUT2D eigenvalue weighted by Gasteiger charge is 2.01. The minimum Gasteiger partial charge on any atom is -0.281 e. The molecule has 0 saturated heterocycles. The number of carbonyl (C=O) groups excluding carboxylic acids is 2. The van der Waals surface area contributed by atoms with Gasteiger partial charge in [0.2, 0.25) is 0 Å². The highest BCUT2D eigenvalue weighted by molar-refractivity contribution is 8.11. The maximum absolute atomic E-state index is 11.1. The van der Waals surface area contributed by atoms with Crippen LogP contribution in [0.3, 0.4) is 0 Å². The molecule has 96 valence electrons. The Hall–Kier alpha value is -0.670. The van der Waals surface area contributed by atoms with Crippen molar-refractivity contribution >= 4 is 58.6 Å². The summed E-state index contributed by atoms with van der Waals surface area (Å²) in [5, 5.41) is 0. The lowest BCUT2D eigenvalue weighted by Crippen LogP contribution is -2.27. The minimum atomic E-state index is -0.270. The molecular formula is C8H14N4O2S3. The van der Waals surface area contributed by atoms with Crippen LogP contribution in [0.1, 0.15) is 0 Å². The molecule has 0 rings (SSSR count). The number of rotatable bonds is 8. The predicted octanol–water partition coefficient (Wildman–Crippen LogP) is 0.565. The van der Waals surface area contributed by atoms with Crippen molar-refractivity contribution in [1.29, 1.82) is 0 Å². The summed E-state index contributed by atoms with van der Waals surface area (Å²) in [4.78, 5) is 29.9. The van der Waals surface area contributed by atoms with Gasteiger partial charge in [-0.25, -0.2) is 0 Å². The van der Waals surface area contributed by atoms with E-state index in [9.17, 15) is 9.59 Å². The van der Waals surface area contributed by atoms with Gasteiger partial charge in [0.05, 0.1) is 23.2 Å². The summed E-state index contributed by atoms with van der Waals surface area (Å²) in [6.07, 6.45) is 3.71. The Kier molecular flexibility index (Phi) is 11.3. The van der Waals surface area contributed by atoms with Gasteiger partial charge >= 0.3 is 0 Å². The van der Waals surface area contributed by atoms with E-state index in [0.717, 1.165) is 12.1 Å². The summed E-state index contributed by atoms with van der Waals surface area (Å²) in [5.74, 6) is -0.540. The standard InChI is InChI=1S/C8H14N4O2S3/c1-15-5-9-3-7(13)11-17-12-8(14)4-10-6-16-2/h5-6H,3-4H2,1-2H3,(H,11,13)(H,12,14)/b9-5+,10-6+. The second-order valence-corrected chi connectivity index (χ2v) is 4.49. The molecule has 0 aromatic carbocycles. The zero-order valence-corrected chi connectivity index (χ0v) is 12.0. The molecule has 9 heteroatoms. The van der Waals surface area contributed by atoms with Crippen LogP contribution < -0.4 is 9.44 Å². The molecule has 0 aromatic heterocycles. The van der Waals surface area contributed by atoms with E-state index in [2.05, 4.69) is 19.4 Å². The van der Waals surface area contributed by atoms with Gasteiger partial charge in [0, 0.05) is 0 Å². The molecule has 0 fully saturated rings. The Morgan fingerprint density at radius 1 is 1.00 bits per heavy atom. The van der Waals surface area contributed by atoms with E-state index in [1.165, 1.54) is 23.5 Å². The minimum absolute atomic E-state index is 0.0499. The van der Waals surface area contributed by atoms with Gasteiger partial charge in [-0.3, -0.25) is 29.0 Å². The Labute approximate surface area is 113 Å². The molecule has 17 heavy (non-hydrogen) atoms. The van der Waals surface area contributed by atoms with Crippen molar-refractivity contribution in [2.75, 3.05) is 25.6 Å². The van der Waals surface area contributed by atoms with E-state index in [0.29, 0.717) is 0 Å². The van der Waals surface area contributed by atoms with Crippen molar-refractivity contribution in [2.45, 2.75) is 0 Å². The highest BCUT2D eigenvalue weighted by Crippen LogP contribution is 1.89. The van der Waals surface area contributed by atoms with Gasteiger partial charge in [0.15, 0.2) is 0 Å². The van der Waals surface area contributed by atoms with Crippen LogP contribution in [0.2, 0.25) is 0 Å². The predicted molar refractivity (Wildman–Crippen MR) is 77.6 cm³/mol. The van der Waals surface area contributed by atoms with E-state index < -0.39 is 0 Å². The van der Waals surface area contributed by atoms with Crippen molar-refractivity contribution in [2.24, 2.45) is 9.98 Å². The van der Waals surface area contributed by atoms with Crippen LogP contribution in [0, 0.1) is 0 Å². The van der Waals surface area contributed by atoms with Crippen LogP contribution in [0.15, 0.2) is 9.98 Å². The number of hydrogen-bond acceptors (Lipinski definition) is 7. The first-order valence-corrected chi connectivity index (χ1v) is 7.85. The zero-order chi connectivity index (χ0) is 12.9. The lowest BCUT2D eigenvalue weighted by Gasteiger charge is -2.02. The maximum atomic E-state index is 11.1. The molecule has 2 amide bonds. The van der Waals surface area contributed by atoms with E-state index in [4.69, 9.17) is 0 Å². The highest BCUT2D eigenvalue weighted by atomic mass is 32.2. The molecule has 0 radical (unpaired) electrons. The first-order valence-electron chi connectivity index (χ1n) is 4.46. The van der Waals surface area contributed by atoms with Gasteiger partial charge in [-0.15, -0.1) is 23.5 Å². The largest absolute Gasteiger partial charge is 0.281 e. The van der Waals surface area contributed by atoms with Crippen molar-refractivity contribution in [3.05, 3.63) is 0 Å². The van der Waals surface area contributed by atoms with E-state index in [-0.39, 0.29) is 24.9 Å². The van der Waals surface area contributed by atoms with Crippen molar-refractivity contribution in [3.63, 3.8) is 0 Å². The average molecular weight is 294 g/mol. The molecule has 0 saturated carbocycles. The Balaban J connectivity index is 3.55. The molecule has 0 atom stereocenters.